The monoisotopic (exact) mass is 399 g/mol. The third-order valence-corrected chi connectivity index (χ3v) is 4.91. The van der Waals surface area contributed by atoms with Gasteiger partial charge in [-0.25, -0.2) is 9.78 Å². The van der Waals surface area contributed by atoms with Gasteiger partial charge in [-0.1, -0.05) is 29.8 Å². The summed E-state index contributed by atoms with van der Waals surface area (Å²) in [6.07, 6.45) is 0.196. The van der Waals surface area contributed by atoms with Crippen LogP contribution in [0.2, 0.25) is 4.34 Å². The number of nitrogens with one attached hydrogen (secondary N) is 1. The Kier molecular flexibility index (Phi) is 6.01. The highest BCUT2D eigenvalue weighted by Gasteiger charge is 2.17. The molecule has 3 aromatic rings. The van der Waals surface area contributed by atoms with Crippen molar-refractivity contribution < 1.29 is 14.3 Å². The molecule has 1 aromatic carbocycles. The molecule has 0 aliphatic heterocycles. The second-order valence-corrected chi connectivity index (χ2v) is 7.23. The Morgan fingerprint density at radius 1 is 1.26 bits per heavy atom. The first-order valence-corrected chi connectivity index (χ1v) is 9.24. The molecule has 136 valence electrons. The predicted molar refractivity (Wildman–Crippen MR) is 104 cm³/mol. The summed E-state index contributed by atoms with van der Waals surface area (Å²) in [5.41, 5.74) is 1.57. The Labute approximate surface area is 164 Å². The number of esters is 1. The summed E-state index contributed by atoms with van der Waals surface area (Å²) in [4.78, 5) is 29.7. The molecule has 0 saturated carbocycles. The Hall–Kier alpha value is -2.95. The van der Waals surface area contributed by atoms with E-state index in [2.05, 4.69) is 10.3 Å². The van der Waals surface area contributed by atoms with E-state index in [1.165, 1.54) is 11.3 Å². The van der Waals surface area contributed by atoms with Gasteiger partial charge in [0.1, 0.15) is 0 Å². The maximum Gasteiger partial charge on any atom is 0.339 e. The molecule has 0 atom stereocenters. The van der Waals surface area contributed by atoms with Gasteiger partial charge in [0, 0.05) is 11.9 Å². The number of fused-ring (bicyclic) bond motifs is 1. The van der Waals surface area contributed by atoms with Gasteiger partial charge >= 0.3 is 5.97 Å². The van der Waals surface area contributed by atoms with Crippen LogP contribution in [0.25, 0.3) is 21.5 Å². The number of thiophene rings is 1. The quantitative estimate of drug-likeness (QED) is 0.502. The molecule has 0 aliphatic rings. The first-order chi connectivity index (χ1) is 13.1. The lowest BCUT2D eigenvalue weighted by Crippen LogP contribution is -2.29. The number of ether oxygens (including phenoxy) is 1. The summed E-state index contributed by atoms with van der Waals surface area (Å²) in [6, 6.07) is 14.4. The number of halogens is 1. The normalized spacial score (nSPS) is 10.4. The van der Waals surface area contributed by atoms with Gasteiger partial charge in [0.05, 0.1) is 38.5 Å². The van der Waals surface area contributed by atoms with E-state index in [0.717, 1.165) is 4.88 Å². The minimum Gasteiger partial charge on any atom is -0.452 e. The molecule has 0 spiro atoms. The van der Waals surface area contributed by atoms with Gasteiger partial charge < -0.3 is 10.1 Å². The number of para-hydroxylation sites is 1. The average molecular weight is 400 g/mol. The van der Waals surface area contributed by atoms with Crippen molar-refractivity contribution >= 4 is 45.7 Å². The van der Waals surface area contributed by atoms with Gasteiger partial charge in [0.25, 0.3) is 5.91 Å². The van der Waals surface area contributed by atoms with E-state index in [1.54, 1.807) is 30.3 Å². The number of rotatable bonds is 6. The number of nitrogens with zero attached hydrogens (tertiary/aromatic N) is 2. The first kappa shape index (κ1) is 18.8. The highest BCUT2D eigenvalue weighted by molar-refractivity contribution is 7.19. The number of pyridine rings is 1. The second kappa shape index (κ2) is 8.62. The van der Waals surface area contributed by atoms with Gasteiger partial charge in [-0.05, 0) is 24.3 Å². The van der Waals surface area contributed by atoms with Gasteiger partial charge in [-0.2, -0.15) is 5.26 Å². The summed E-state index contributed by atoms with van der Waals surface area (Å²) in [5, 5.41) is 11.6. The summed E-state index contributed by atoms with van der Waals surface area (Å²) in [7, 11) is 0. The molecule has 8 heteroatoms. The maximum absolute atomic E-state index is 12.6. The van der Waals surface area contributed by atoms with Crippen molar-refractivity contribution in [2.75, 3.05) is 13.2 Å². The molecule has 1 amide bonds. The van der Waals surface area contributed by atoms with Crippen LogP contribution < -0.4 is 5.32 Å². The molecular weight excluding hydrogens is 386 g/mol. The zero-order valence-corrected chi connectivity index (χ0v) is 15.6. The Morgan fingerprint density at radius 2 is 2.07 bits per heavy atom. The van der Waals surface area contributed by atoms with Crippen molar-refractivity contribution in [1.29, 1.82) is 5.26 Å². The van der Waals surface area contributed by atoms with Crippen LogP contribution in [0.5, 0.6) is 0 Å². The largest absolute Gasteiger partial charge is 0.452 e. The molecule has 0 bridgehead atoms. The van der Waals surface area contributed by atoms with Gasteiger partial charge in [-0.3, -0.25) is 4.79 Å². The van der Waals surface area contributed by atoms with Crippen molar-refractivity contribution in [2.45, 2.75) is 6.42 Å². The van der Waals surface area contributed by atoms with Crippen LogP contribution in [0, 0.1) is 11.3 Å². The van der Waals surface area contributed by atoms with Crippen LogP contribution >= 0.6 is 22.9 Å². The highest BCUT2D eigenvalue weighted by atomic mass is 35.5. The second-order valence-electron chi connectivity index (χ2n) is 5.51. The molecule has 2 heterocycles. The minimum absolute atomic E-state index is 0.196. The molecule has 6 nitrogen and oxygen atoms in total. The topological polar surface area (TPSA) is 92.1 Å². The van der Waals surface area contributed by atoms with Crippen molar-refractivity contribution in [1.82, 2.24) is 10.3 Å². The highest BCUT2D eigenvalue weighted by Crippen LogP contribution is 2.32. The van der Waals surface area contributed by atoms with Crippen molar-refractivity contribution in [2.24, 2.45) is 0 Å². The van der Waals surface area contributed by atoms with E-state index < -0.39 is 18.5 Å². The number of benzene rings is 1. The molecular formula is C19H14ClN3O3S. The Morgan fingerprint density at radius 3 is 2.81 bits per heavy atom. The van der Waals surface area contributed by atoms with E-state index in [0.29, 0.717) is 26.5 Å². The zero-order chi connectivity index (χ0) is 19.2. The zero-order valence-electron chi connectivity index (χ0n) is 14.1. The smallest absolute Gasteiger partial charge is 0.339 e. The van der Waals surface area contributed by atoms with Crippen LogP contribution in [0.1, 0.15) is 16.8 Å². The molecule has 0 fully saturated rings. The van der Waals surface area contributed by atoms with Crippen LogP contribution in [-0.4, -0.2) is 30.0 Å². The lowest BCUT2D eigenvalue weighted by molar-refractivity contribution is -0.124. The fraction of sp³-hybridized carbons (Fsp3) is 0.158. The molecule has 0 radical (unpaired) electrons. The fourth-order valence-corrected chi connectivity index (χ4v) is 3.44. The predicted octanol–water partition coefficient (Wildman–Crippen LogP) is 3.80. The molecule has 0 saturated heterocycles. The van der Waals surface area contributed by atoms with Crippen LogP contribution in [0.3, 0.4) is 0 Å². The van der Waals surface area contributed by atoms with E-state index in [4.69, 9.17) is 21.6 Å². The number of carbonyl (C=O) groups excluding carboxylic acids is 2. The van der Waals surface area contributed by atoms with Crippen molar-refractivity contribution in [3.8, 4) is 16.6 Å². The van der Waals surface area contributed by atoms with Crippen LogP contribution in [0.4, 0.5) is 0 Å². The van der Waals surface area contributed by atoms with E-state index in [9.17, 15) is 9.59 Å². The minimum atomic E-state index is -0.618. The average Bonchev–Trinajstić information content (AvgIpc) is 3.12. The number of hydrogen-bond donors (Lipinski definition) is 1. The number of nitriles is 1. The molecule has 2 aromatic heterocycles. The molecule has 27 heavy (non-hydrogen) atoms. The van der Waals surface area contributed by atoms with Crippen molar-refractivity contribution in [3.05, 3.63) is 52.4 Å². The van der Waals surface area contributed by atoms with Crippen LogP contribution in [0.15, 0.2) is 42.5 Å². The number of carbonyl (C=O) groups is 2. The molecule has 3 rings (SSSR count). The molecule has 0 unspecified atom stereocenters. The lowest BCUT2D eigenvalue weighted by atomic mass is 10.1. The van der Waals surface area contributed by atoms with E-state index >= 15 is 0 Å². The Bertz CT molecular complexity index is 1040. The summed E-state index contributed by atoms with van der Waals surface area (Å²) >= 11 is 7.36. The van der Waals surface area contributed by atoms with E-state index in [1.807, 2.05) is 18.2 Å². The fourth-order valence-electron chi connectivity index (χ4n) is 2.44. The van der Waals surface area contributed by atoms with Gasteiger partial charge in [0.2, 0.25) is 0 Å². The molecule has 0 aliphatic carbocycles. The number of hydrogen-bond acceptors (Lipinski definition) is 6. The standard InChI is InChI=1S/C19H14ClN3O3S/c20-17-7-6-16(27-17)15-10-13(12-4-1-2-5-14(12)23-15)19(25)26-11-18(24)22-9-3-8-21/h1-2,4-7,10H,3,9,11H2,(H,22,24). The number of aromatic nitrogens is 1. The van der Waals surface area contributed by atoms with Gasteiger partial charge in [-0.15, -0.1) is 11.3 Å². The Balaban J connectivity index is 1.85. The van der Waals surface area contributed by atoms with Crippen molar-refractivity contribution in [3.63, 3.8) is 0 Å². The van der Waals surface area contributed by atoms with Crippen LogP contribution in [-0.2, 0) is 9.53 Å². The summed E-state index contributed by atoms with van der Waals surface area (Å²) < 4.78 is 5.76. The summed E-state index contributed by atoms with van der Waals surface area (Å²) in [5.74, 6) is -1.07. The van der Waals surface area contributed by atoms with Gasteiger partial charge in [0.15, 0.2) is 6.61 Å². The summed E-state index contributed by atoms with van der Waals surface area (Å²) in [6.45, 7) is -0.199. The number of amides is 1. The molecule has 1 N–H and O–H groups in total. The SMILES string of the molecule is N#CCCNC(=O)COC(=O)c1cc(-c2ccc(Cl)s2)nc2ccccc12. The first-order valence-electron chi connectivity index (χ1n) is 8.05. The maximum atomic E-state index is 12.6. The third-order valence-electron chi connectivity index (χ3n) is 3.66. The van der Waals surface area contributed by atoms with E-state index in [-0.39, 0.29) is 13.0 Å². The lowest BCUT2D eigenvalue weighted by Gasteiger charge is -2.09. The third kappa shape index (κ3) is 4.61.